The van der Waals surface area contributed by atoms with Crippen molar-refractivity contribution in [2.75, 3.05) is 0 Å². The van der Waals surface area contributed by atoms with Crippen molar-refractivity contribution in [3.63, 3.8) is 0 Å². The van der Waals surface area contributed by atoms with E-state index >= 15 is 0 Å². The molecule has 0 bridgehead atoms. The first kappa shape index (κ1) is 10.5. The lowest BCUT2D eigenvalue weighted by Crippen LogP contribution is -1.89. The number of hydrogen-bond acceptors (Lipinski definition) is 3. The molecular weight excluding hydrogens is 230 g/mol. The SMILES string of the molecule is C=CC(C)c1c(O)ccc2nc(Cl)sc12. The number of halogens is 1. The number of aromatic hydroxyl groups is 1. The van der Waals surface area contributed by atoms with Crippen LogP contribution in [0, 0.1) is 0 Å². The maximum absolute atomic E-state index is 9.81. The van der Waals surface area contributed by atoms with E-state index in [4.69, 9.17) is 11.6 Å². The van der Waals surface area contributed by atoms with Crippen LogP contribution < -0.4 is 0 Å². The maximum Gasteiger partial charge on any atom is 0.184 e. The summed E-state index contributed by atoms with van der Waals surface area (Å²) in [5.74, 6) is 0.362. The molecule has 1 atom stereocenters. The van der Waals surface area contributed by atoms with E-state index in [9.17, 15) is 5.11 Å². The summed E-state index contributed by atoms with van der Waals surface area (Å²) in [7, 11) is 0. The minimum absolute atomic E-state index is 0.0882. The lowest BCUT2D eigenvalue weighted by molar-refractivity contribution is 0.468. The summed E-state index contributed by atoms with van der Waals surface area (Å²) in [6.07, 6.45) is 1.79. The lowest BCUT2D eigenvalue weighted by Gasteiger charge is -2.09. The van der Waals surface area contributed by atoms with Crippen LogP contribution in [0.4, 0.5) is 0 Å². The molecule has 0 amide bonds. The van der Waals surface area contributed by atoms with E-state index in [2.05, 4.69) is 11.6 Å². The summed E-state index contributed by atoms with van der Waals surface area (Å²) >= 11 is 7.24. The second-order valence-electron chi connectivity index (χ2n) is 3.34. The van der Waals surface area contributed by atoms with Gasteiger partial charge in [-0.2, -0.15) is 0 Å². The van der Waals surface area contributed by atoms with Crippen molar-refractivity contribution < 1.29 is 5.11 Å². The average molecular weight is 240 g/mol. The van der Waals surface area contributed by atoms with Crippen LogP contribution in [-0.4, -0.2) is 10.1 Å². The molecule has 2 nitrogen and oxygen atoms in total. The number of fused-ring (bicyclic) bond motifs is 1. The van der Waals surface area contributed by atoms with E-state index < -0.39 is 0 Å². The first-order valence-corrected chi connectivity index (χ1v) is 5.73. The monoisotopic (exact) mass is 239 g/mol. The number of phenols is 1. The molecule has 15 heavy (non-hydrogen) atoms. The highest BCUT2D eigenvalue weighted by Gasteiger charge is 2.14. The van der Waals surface area contributed by atoms with Crippen LogP contribution in [0.3, 0.4) is 0 Å². The molecule has 0 fully saturated rings. The zero-order valence-corrected chi connectivity index (χ0v) is 9.77. The number of allylic oxidation sites excluding steroid dienone is 1. The van der Waals surface area contributed by atoms with Gasteiger partial charge in [0.25, 0.3) is 0 Å². The molecule has 0 saturated carbocycles. The fourth-order valence-corrected chi connectivity index (χ4v) is 2.79. The Morgan fingerprint density at radius 2 is 2.33 bits per heavy atom. The summed E-state index contributed by atoms with van der Waals surface area (Å²) in [4.78, 5) is 4.17. The van der Waals surface area contributed by atoms with Gasteiger partial charge < -0.3 is 5.11 Å². The van der Waals surface area contributed by atoms with Crippen molar-refractivity contribution >= 4 is 33.2 Å². The standard InChI is InChI=1S/C11H10ClNOS/c1-3-6(2)9-8(14)5-4-7-10(9)15-11(12)13-7/h3-6,14H,1H2,2H3. The molecule has 1 unspecified atom stereocenters. The molecule has 0 saturated heterocycles. The molecule has 0 aliphatic carbocycles. The minimum atomic E-state index is 0.0882. The molecule has 1 aromatic carbocycles. The van der Waals surface area contributed by atoms with E-state index in [1.807, 2.05) is 6.92 Å². The summed E-state index contributed by atoms with van der Waals surface area (Å²) in [6, 6.07) is 3.42. The first-order valence-electron chi connectivity index (χ1n) is 4.54. The van der Waals surface area contributed by atoms with Gasteiger partial charge in [0.2, 0.25) is 0 Å². The van der Waals surface area contributed by atoms with E-state index in [0.717, 1.165) is 15.8 Å². The largest absolute Gasteiger partial charge is 0.508 e. The molecule has 4 heteroatoms. The van der Waals surface area contributed by atoms with Crippen molar-refractivity contribution in [1.29, 1.82) is 0 Å². The quantitative estimate of drug-likeness (QED) is 0.806. The molecule has 2 aromatic rings. The Bertz CT molecular complexity index is 521. The predicted octanol–water partition coefficient (Wildman–Crippen LogP) is 3.94. The second-order valence-corrected chi connectivity index (χ2v) is 4.92. The number of aromatic nitrogens is 1. The number of thiazole rings is 1. The second kappa shape index (κ2) is 3.83. The van der Waals surface area contributed by atoms with Gasteiger partial charge in [0.15, 0.2) is 4.47 Å². The lowest BCUT2D eigenvalue weighted by atomic mass is 10.00. The Kier molecular flexibility index (Phi) is 2.67. The van der Waals surface area contributed by atoms with Gasteiger partial charge in [-0.25, -0.2) is 4.98 Å². The zero-order chi connectivity index (χ0) is 11.0. The normalized spacial score (nSPS) is 12.9. The van der Waals surface area contributed by atoms with Crippen LogP contribution in [0.5, 0.6) is 5.75 Å². The summed E-state index contributed by atoms with van der Waals surface area (Å²) in [6.45, 7) is 5.71. The maximum atomic E-state index is 9.81. The molecule has 0 radical (unpaired) electrons. The van der Waals surface area contributed by atoms with Gasteiger partial charge in [-0.05, 0) is 12.1 Å². The van der Waals surface area contributed by atoms with Crippen LogP contribution >= 0.6 is 22.9 Å². The van der Waals surface area contributed by atoms with Crippen molar-refractivity contribution in [2.24, 2.45) is 0 Å². The summed E-state index contributed by atoms with van der Waals surface area (Å²) in [5, 5.41) is 9.81. The Balaban J connectivity index is 2.78. The molecule has 0 aliphatic heterocycles. The number of rotatable bonds is 2. The summed E-state index contributed by atoms with van der Waals surface area (Å²) < 4.78 is 1.43. The van der Waals surface area contributed by atoms with Gasteiger partial charge in [-0.1, -0.05) is 24.6 Å². The summed E-state index contributed by atoms with van der Waals surface area (Å²) in [5.41, 5.74) is 1.68. The molecular formula is C11H10ClNOS. The van der Waals surface area contributed by atoms with E-state index in [1.165, 1.54) is 11.3 Å². The van der Waals surface area contributed by atoms with Crippen molar-refractivity contribution in [3.05, 3.63) is 34.8 Å². The van der Waals surface area contributed by atoms with Gasteiger partial charge in [-0.15, -0.1) is 17.9 Å². The zero-order valence-electron chi connectivity index (χ0n) is 8.20. The van der Waals surface area contributed by atoms with Crippen LogP contribution in [0.25, 0.3) is 10.2 Å². The van der Waals surface area contributed by atoms with Crippen LogP contribution in [0.2, 0.25) is 4.47 Å². The molecule has 1 heterocycles. The van der Waals surface area contributed by atoms with Gasteiger partial charge in [0.1, 0.15) is 5.75 Å². The molecule has 1 aromatic heterocycles. The van der Waals surface area contributed by atoms with Crippen molar-refractivity contribution in [2.45, 2.75) is 12.8 Å². The number of hydrogen-bond donors (Lipinski definition) is 1. The molecule has 78 valence electrons. The highest BCUT2D eigenvalue weighted by atomic mass is 35.5. The first-order chi connectivity index (χ1) is 7.13. The van der Waals surface area contributed by atoms with Crippen molar-refractivity contribution in [1.82, 2.24) is 4.98 Å². The molecule has 0 spiro atoms. The fraction of sp³-hybridized carbons (Fsp3) is 0.182. The van der Waals surface area contributed by atoms with Gasteiger partial charge in [0, 0.05) is 11.5 Å². The van der Waals surface area contributed by atoms with E-state index in [1.54, 1.807) is 18.2 Å². The van der Waals surface area contributed by atoms with Gasteiger partial charge in [0.05, 0.1) is 10.2 Å². The van der Waals surface area contributed by atoms with Gasteiger partial charge >= 0.3 is 0 Å². The number of nitrogens with zero attached hydrogens (tertiary/aromatic N) is 1. The predicted molar refractivity (Wildman–Crippen MR) is 64.9 cm³/mol. The van der Waals surface area contributed by atoms with Crippen molar-refractivity contribution in [3.8, 4) is 5.75 Å². The average Bonchev–Trinajstić information content (AvgIpc) is 2.57. The van der Waals surface area contributed by atoms with E-state index in [-0.39, 0.29) is 11.7 Å². The molecule has 0 aliphatic rings. The third-order valence-electron chi connectivity index (χ3n) is 2.36. The fourth-order valence-electron chi connectivity index (χ4n) is 1.53. The molecule has 1 N–H and O–H groups in total. The van der Waals surface area contributed by atoms with Crippen LogP contribution in [-0.2, 0) is 0 Å². The highest BCUT2D eigenvalue weighted by molar-refractivity contribution is 7.22. The third kappa shape index (κ3) is 1.73. The van der Waals surface area contributed by atoms with E-state index in [0.29, 0.717) is 4.47 Å². The number of phenolic OH excluding ortho intramolecular Hbond substituents is 1. The Labute approximate surface area is 96.8 Å². The minimum Gasteiger partial charge on any atom is -0.508 e. The topological polar surface area (TPSA) is 33.1 Å². The highest BCUT2D eigenvalue weighted by Crippen LogP contribution is 2.38. The Morgan fingerprint density at radius 3 is 3.00 bits per heavy atom. The van der Waals surface area contributed by atoms with Crippen LogP contribution in [0.1, 0.15) is 18.4 Å². The van der Waals surface area contributed by atoms with Gasteiger partial charge in [-0.3, -0.25) is 0 Å². The Morgan fingerprint density at radius 1 is 1.60 bits per heavy atom. The smallest absolute Gasteiger partial charge is 0.184 e. The third-order valence-corrected chi connectivity index (χ3v) is 3.56. The number of benzene rings is 1. The molecule has 2 rings (SSSR count). The van der Waals surface area contributed by atoms with Crippen LogP contribution in [0.15, 0.2) is 24.8 Å². The Hall–Kier alpha value is -1.06.